The molecule has 1 aliphatic rings. The maximum absolute atomic E-state index is 12.7. The highest BCUT2D eigenvalue weighted by Gasteiger charge is 2.19. The average Bonchev–Trinajstić information content (AvgIpc) is 3.38. The van der Waals surface area contributed by atoms with Crippen molar-refractivity contribution < 1.29 is 9.21 Å². The zero-order chi connectivity index (χ0) is 20.7. The van der Waals surface area contributed by atoms with E-state index in [9.17, 15) is 4.79 Å². The third-order valence-electron chi connectivity index (χ3n) is 5.30. The molecule has 0 amide bonds. The summed E-state index contributed by atoms with van der Waals surface area (Å²) in [5.74, 6) is 1.10. The number of hydrogen-bond donors (Lipinski definition) is 0. The van der Waals surface area contributed by atoms with Crippen LogP contribution in [0, 0.1) is 0 Å². The van der Waals surface area contributed by atoms with Gasteiger partial charge in [-0.05, 0) is 77.2 Å². The van der Waals surface area contributed by atoms with Crippen LogP contribution < -0.4 is 0 Å². The molecular weight excluding hydrogens is 415 g/mol. The van der Waals surface area contributed by atoms with Gasteiger partial charge in [-0.3, -0.25) is 4.79 Å². The molecule has 4 heteroatoms. The fourth-order valence-corrected chi connectivity index (χ4v) is 4.19. The molecule has 0 fully saturated rings. The van der Waals surface area contributed by atoms with Gasteiger partial charge in [-0.25, -0.2) is 0 Å². The van der Waals surface area contributed by atoms with Gasteiger partial charge < -0.3 is 4.42 Å². The highest BCUT2D eigenvalue weighted by molar-refractivity contribution is 6.35. The minimum atomic E-state index is -0.0686. The van der Waals surface area contributed by atoms with E-state index in [-0.39, 0.29) is 5.78 Å². The number of benzene rings is 3. The van der Waals surface area contributed by atoms with Crippen molar-refractivity contribution >= 4 is 35.1 Å². The molecule has 5 rings (SSSR count). The van der Waals surface area contributed by atoms with E-state index in [0.29, 0.717) is 32.7 Å². The predicted octanol–water partition coefficient (Wildman–Crippen LogP) is 7.72. The van der Waals surface area contributed by atoms with Crippen LogP contribution in [0.25, 0.3) is 28.5 Å². The number of furan rings is 1. The van der Waals surface area contributed by atoms with E-state index < -0.39 is 0 Å². The Labute approximate surface area is 184 Å². The maximum Gasteiger partial charge on any atom is 0.185 e. The molecule has 4 aromatic rings. The van der Waals surface area contributed by atoms with Crippen LogP contribution in [0.3, 0.4) is 0 Å². The molecule has 0 radical (unpaired) electrons. The SMILES string of the molecule is O=C(C=Cc1ccc(-c2cc(Cl)ccc2Cl)o1)c1ccc2c(c1)-c1ccccc1C2. The van der Waals surface area contributed by atoms with Crippen molar-refractivity contribution in [3.63, 3.8) is 0 Å². The molecule has 0 aliphatic heterocycles. The lowest BCUT2D eigenvalue weighted by Crippen LogP contribution is -1.95. The number of fused-ring (bicyclic) bond motifs is 3. The van der Waals surface area contributed by atoms with E-state index in [2.05, 4.69) is 12.1 Å². The van der Waals surface area contributed by atoms with Gasteiger partial charge in [0, 0.05) is 16.1 Å². The first-order chi connectivity index (χ1) is 14.6. The zero-order valence-corrected chi connectivity index (χ0v) is 17.4. The van der Waals surface area contributed by atoms with Gasteiger partial charge in [0.2, 0.25) is 0 Å². The summed E-state index contributed by atoms with van der Waals surface area (Å²) in [7, 11) is 0. The second-order valence-corrected chi connectivity index (χ2v) is 8.07. The Hall–Kier alpha value is -3.07. The van der Waals surface area contributed by atoms with Crippen molar-refractivity contribution in [3.8, 4) is 22.5 Å². The van der Waals surface area contributed by atoms with Crippen LogP contribution in [0.5, 0.6) is 0 Å². The Balaban J connectivity index is 1.38. The number of rotatable bonds is 4. The van der Waals surface area contributed by atoms with Crippen LogP contribution >= 0.6 is 23.2 Å². The third-order valence-corrected chi connectivity index (χ3v) is 5.87. The van der Waals surface area contributed by atoms with Crippen LogP contribution in [-0.4, -0.2) is 5.78 Å². The summed E-state index contributed by atoms with van der Waals surface area (Å²) in [6, 6.07) is 23.1. The predicted molar refractivity (Wildman–Crippen MR) is 122 cm³/mol. The minimum absolute atomic E-state index is 0.0686. The molecule has 0 atom stereocenters. The third kappa shape index (κ3) is 3.49. The van der Waals surface area contributed by atoms with Gasteiger partial charge >= 0.3 is 0 Å². The van der Waals surface area contributed by atoms with E-state index in [1.807, 2.05) is 36.4 Å². The molecule has 1 heterocycles. The standard InChI is InChI=1S/C26H16Cl2O2/c27-19-7-10-24(28)23(15-19)26-12-9-20(30-26)8-11-25(29)18-6-5-17-13-16-3-1-2-4-21(16)22(17)14-18/h1-12,14-15H,13H2. The first-order valence-electron chi connectivity index (χ1n) is 9.57. The summed E-state index contributed by atoms with van der Waals surface area (Å²) in [5.41, 5.74) is 6.28. The highest BCUT2D eigenvalue weighted by atomic mass is 35.5. The molecule has 2 nitrogen and oxygen atoms in total. The van der Waals surface area contributed by atoms with Crippen LogP contribution in [0.15, 0.2) is 83.3 Å². The topological polar surface area (TPSA) is 30.2 Å². The Morgan fingerprint density at radius 1 is 0.833 bits per heavy atom. The van der Waals surface area contributed by atoms with Crippen LogP contribution in [0.1, 0.15) is 27.2 Å². The zero-order valence-electron chi connectivity index (χ0n) is 15.9. The molecule has 0 N–H and O–H groups in total. The molecular formula is C26H16Cl2O2. The summed E-state index contributed by atoms with van der Waals surface area (Å²) in [6.45, 7) is 0. The Morgan fingerprint density at radius 2 is 1.67 bits per heavy atom. The molecule has 146 valence electrons. The Bertz CT molecular complexity index is 1310. The maximum atomic E-state index is 12.7. The van der Waals surface area contributed by atoms with Crippen molar-refractivity contribution in [1.29, 1.82) is 0 Å². The number of carbonyl (C=O) groups is 1. The molecule has 1 aliphatic carbocycles. The molecule has 3 aromatic carbocycles. The van der Waals surface area contributed by atoms with Gasteiger partial charge in [-0.2, -0.15) is 0 Å². The summed E-state index contributed by atoms with van der Waals surface area (Å²) < 4.78 is 5.83. The number of allylic oxidation sites excluding steroid dienone is 1. The molecule has 1 aromatic heterocycles. The lowest BCUT2D eigenvalue weighted by Gasteiger charge is -2.03. The van der Waals surface area contributed by atoms with Gasteiger partial charge in [-0.15, -0.1) is 0 Å². The van der Waals surface area contributed by atoms with Crippen LogP contribution in [0.2, 0.25) is 10.0 Å². The average molecular weight is 431 g/mol. The second-order valence-electron chi connectivity index (χ2n) is 7.23. The Morgan fingerprint density at radius 3 is 2.57 bits per heavy atom. The van der Waals surface area contributed by atoms with Crippen molar-refractivity contribution in [1.82, 2.24) is 0 Å². The van der Waals surface area contributed by atoms with Gasteiger partial charge in [0.1, 0.15) is 11.5 Å². The number of ketones is 1. The van der Waals surface area contributed by atoms with E-state index in [0.717, 1.165) is 12.0 Å². The molecule has 0 spiro atoms. The number of halogens is 2. The molecule has 30 heavy (non-hydrogen) atoms. The minimum Gasteiger partial charge on any atom is -0.457 e. The largest absolute Gasteiger partial charge is 0.457 e. The summed E-state index contributed by atoms with van der Waals surface area (Å²) in [4.78, 5) is 12.7. The van der Waals surface area contributed by atoms with Gasteiger partial charge in [0.05, 0.1) is 5.02 Å². The summed E-state index contributed by atoms with van der Waals surface area (Å²) in [6.07, 6.45) is 4.12. The van der Waals surface area contributed by atoms with E-state index in [1.165, 1.54) is 22.8 Å². The van der Waals surface area contributed by atoms with E-state index >= 15 is 0 Å². The van der Waals surface area contributed by atoms with Crippen molar-refractivity contribution in [2.24, 2.45) is 0 Å². The van der Waals surface area contributed by atoms with E-state index in [4.69, 9.17) is 27.6 Å². The first-order valence-corrected chi connectivity index (χ1v) is 10.3. The molecule has 0 bridgehead atoms. The molecule has 0 saturated carbocycles. The van der Waals surface area contributed by atoms with Crippen molar-refractivity contribution in [2.45, 2.75) is 6.42 Å². The monoisotopic (exact) mass is 430 g/mol. The molecule has 0 saturated heterocycles. The molecule has 0 unspecified atom stereocenters. The van der Waals surface area contributed by atoms with Crippen LogP contribution in [0.4, 0.5) is 0 Å². The van der Waals surface area contributed by atoms with Crippen molar-refractivity contribution in [3.05, 3.63) is 111 Å². The Kier molecular flexibility index (Phi) is 4.82. The lowest BCUT2D eigenvalue weighted by atomic mass is 10.0. The second kappa shape index (κ2) is 7.64. The van der Waals surface area contributed by atoms with E-state index in [1.54, 1.807) is 30.3 Å². The number of carbonyl (C=O) groups excluding carboxylic acids is 1. The summed E-state index contributed by atoms with van der Waals surface area (Å²) in [5, 5.41) is 1.13. The van der Waals surface area contributed by atoms with Crippen molar-refractivity contribution in [2.75, 3.05) is 0 Å². The smallest absolute Gasteiger partial charge is 0.185 e. The normalized spacial score (nSPS) is 12.2. The van der Waals surface area contributed by atoms with Gasteiger partial charge in [-0.1, -0.05) is 59.6 Å². The first kappa shape index (κ1) is 18.9. The quantitative estimate of drug-likeness (QED) is 0.215. The summed E-state index contributed by atoms with van der Waals surface area (Å²) >= 11 is 12.3. The number of hydrogen-bond acceptors (Lipinski definition) is 2. The fraction of sp³-hybridized carbons (Fsp3) is 0.0385. The van der Waals surface area contributed by atoms with Gasteiger partial charge in [0.25, 0.3) is 0 Å². The fourth-order valence-electron chi connectivity index (χ4n) is 3.80. The lowest BCUT2D eigenvalue weighted by molar-refractivity contribution is 0.104. The van der Waals surface area contributed by atoms with Gasteiger partial charge in [0.15, 0.2) is 5.78 Å². The van der Waals surface area contributed by atoms with Crippen LogP contribution in [-0.2, 0) is 6.42 Å². The highest BCUT2D eigenvalue weighted by Crippen LogP contribution is 2.37.